The summed E-state index contributed by atoms with van der Waals surface area (Å²) in [4.78, 5) is 27.0. The zero-order chi connectivity index (χ0) is 27.0. The predicted molar refractivity (Wildman–Crippen MR) is 123 cm³/mol. The molecule has 0 aromatic heterocycles. The number of ether oxygens (including phenoxy) is 2. The molecule has 2 amide bonds. The summed E-state index contributed by atoms with van der Waals surface area (Å²) in [5, 5.41) is 2.74. The minimum atomic E-state index is -5.04. The maximum absolute atomic E-state index is 14.4. The molecule has 200 valence electrons. The van der Waals surface area contributed by atoms with Crippen LogP contribution in [-0.4, -0.2) is 56.7 Å². The molecule has 1 N–H and O–H groups in total. The van der Waals surface area contributed by atoms with E-state index in [2.05, 4.69) is 5.32 Å². The molecule has 2 aromatic rings. The average molecular weight is 527 g/mol. The lowest BCUT2D eigenvalue weighted by atomic mass is 9.62. The molecule has 2 atom stereocenters. The number of benzene rings is 2. The Morgan fingerprint density at radius 2 is 1.68 bits per heavy atom. The smallest absolute Gasteiger partial charge is 0.430 e. The first-order valence-corrected chi connectivity index (χ1v) is 11.8. The van der Waals surface area contributed by atoms with Crippen molar-refractivity contribution >= 4 is 11.8 Å². The van der Waals surface area contributed by atoms with Crippen molar-refractivity contribution in [2.24, 2.45) is 5.41 Å². The number of likely N-dealkylation sites (tertiary alicyclic amines) is 1. The first-order chi connectivity index (χ1) is 17.5. The van der Waals surface area contributed by atoms with Gasteiger partial charge in [-0.05, 0) is 24.3 Å². The van der Waals surface area contributed by atoms with Gasteiger partial charge >= 0.3 is 6.18 Å². The van der Waals surface area contributed by atoms with Crippen molar-refractivity contribution in [1.82, 2.24) is 10.2 Å². The summed E-state index contributed by atoms with van der Waals surface area (Å²) in [6.45, 7) is -0.0476. The first-order valence-electron chi connectivity index (χ1n) is 11.8. The minimum Gasteiger partial charge on any atom is -0.496 e. The van der Waals surface area contributed by atoms with E-state index < -0.39 is 40.7 Å². The van der Waals surface area contributed by atoms with Gasteiger partial charge in [0.1, 0.15) is 5.75 Å². The molecule has 11 heteroatoms. The van der Waals surface area contributed by atoms with Crippen LogP contribution in [0.3, 0.4) is 0 Å². The molecule has 0 radical (unpaired) electrons. The van der Waals surface area contributed by atoms with Crippen molar-refractivity contribution in [3.8, 4) is 5.75 Å². The Morgan fingerprint density at radius 1 is 1.05 bits per heavy atom. The van der Waals surface area contributed by atoms with Gasteiger partial charge in [0.25, 0.3) is 11.5 Å². The molecular formula is C26H27F5N2O4. The van der Waals surface area contributed by atoms with Gasteiger partial charge in [-0.1, -0.05) is 30.3 Å². The molecule has 2 saturated heterocycles. The number of nitrogens with zero attached hydrogens (tertiary/aromatic N) is 1. The summed E-state index contributed by atoms with van der Waals surface area (Å²) in [6, 6.07) is 8.68. The zero-order valence-electron chi connectivity index (χ0n) is 20.3. The molecule has 1 spiro atoms. The topological polar surface area (TPSA) is 67.9 Å². The lowest BCUT2D eigenvalue weighted by Crippen LogP contribution is -2.60. The van der Waals surface area contributed by atoms with Crippen LogP contribution in [0.4, 0.5) is 22.0 Å². The number of amides is 2. The normalized spacial score (nSPS) is 21.3. The second-order valence-electron chi connectivity index (χ2n) is 9.45. The van der Waals surface area contributed by atoms with Crippen LogP contribution in [0, 0.1) is 17.0 Å². The largest absolute Gasteiger partial charge is 0.496 e. The highest BCUT2D eigenvalue weighted by Crippen LogP contribution is 2.52. The van der Waals surface area contributed by atoms with Crippen molar-refractivity contribution in [2.75, 3.05) is 33.9 Å². The number of alkyl halides is 3. The predicted octanol–water partition coefficient (Wildman–Crippen LogP) is 4.29. The highest BCUT2D eigenvalue weighted by atomic mass is 19.4. The van der Waals surface area contributed by atoms with Crippen LogP contribution >= 0.6 is 0 Å². The van der Waals surface area contributed by atoms with Crippen LogP contribution < -0.4 is 10.1 Å². The van der Waals surface area contributed by atoms with Crippen molar-refractivity contribution < 1.29 is 41.0 Å². The van der Waals surface area contributed by atoms with Gasteiger partial charge in [-0.25, -0.2) is 8.78 Å². The Hall–Kier alpha value is -3.21. The summed E-state index contributed by atoms with van der Waals surface area (Å²) in [5.41, 5.74) is -3.97. The fourth-order valence-electron chi connectivity index (χ4n) is 5.68. The molecule has 37 heavy (non-hydrogen) atoms. The van der Waals surface area contributed by atoms with Crippen LogP contribution in [0.15, 0.2) is 42.5 Å². The number of nitrogens with one attached hydrogen (secondary N) is 1. The summed E-state index contributed by atoms with van der Waals surface area (Å²) < 4.78 is 81.5. The third-order valence-electron chi connectivity index (χ3n) is 7.64. The van der Waals surface area contributed by atoms with Crippen LogP contribution in [0.5, 0.6) is 5.75 Å². The van der Waals surface area contributed by atoms with Crippen molar-refractivity contribution in [1.29, 1.82) is 0 Å². The Bertz CT molecular complexity index is 1170. The average Bonchev–Trinajstić information content (AvgIpc) is 2.86. The van der Waals surface area contributed by atoms with Gasteiger partial charge in [-0.2, -0.15) is 13.2 Å². The van der Waals surface area contributed by atoms with Gasteiger partial charge in [0.05, 0.1) is 7.11 Å². The summed E-state index contributed by atoms with van der Waals surface area (Å²) >= 11 is 0. The standard InChI is InChI=1S/C26H27F5N2O4/c1-36-21-13-20(28)19(27)12-17(21)18-15-32-22(34)14-24(18)8-10-33(11-9-24)23(35)25(37-2,26(29,30)31)16-6-4-3-5-7-16/h3-7,12-13,18H,8-11,14-15H2,1-2H3,(H,32,34)/t18?,25-/m1/s1. The number of methoxy groups -OCH3 is 2. The van der Waals surface area contributed by atoms with E-state index >= 15 is 0 Å². The van der Waals surface area contributed by atoms with Crippen LogP contribution in [0.1, 0.15) is 36.3 Å². The Balaban J connectivity index is 1.66. The molecule has 0 bridgehead atoms. The van der Waals surface area contributed by atoms with Crippen molar-refractivity contribution in [3.05, 3.63) is 65.2 Å². The highest BCUT2D eigenvalue weighted by molar-refractivity contribution is 5.88. The van der Waals surface area contributed by atoms with E-state index in [-0.39, 0.29) is 56.1 Å². The van der Waals surface area contributed by atoms with Crippen LogP contribution in [0.25, 0.3) is 0 Å². The summed E-state index contributed by atoms with van der Waals surface area (Å²) in [5.74, 6) is -4.06. The van der Waals surface area contributed by atoms with E-state index in [1.54, 1.807) is 0 Å². The first kappa shape index (κ1) is 26.8. The van der Waals surface area contributed by atoms with E-state index in [4.69, 9.17) is 9.47 Å². The van der Waals surface area contributed by atoms with Crippen LogP contribution in [-0.2, 0) is 19.9 Å². The number of hydrogen-bond acceptors (Lipinski definition) is 4. The van der Waals surface area contributed by atoms with E-state index in [1.807, 2.05) is 0 Å². The lowest BCUT2D eigenvalue weighted by Gasteiger charge is -2.50. The van der Waals surface area contributed by atoms with Gasteiger partial charge in [0.15, 0.2) is 11.6 Å². The van der Waals surface area contributed by atoms with Gasteiger partial charge in [0.2, 0.25) is 5.91 Å². The van der Waals surface area contributed by atoms with Crippen molar-refractivity contribution in [2.45, 2.75) is 37.0 Å². The molecule has 0 saturated carbocycles. The van der Waals surface area contributed by atoms with Crippen LogP contribution in [0.2, 0.25) is 0 Å². The number of piperidine rings is 2. The molecule has 6 nitrogen and oxygen atoms in total. The second-order valence-corrected chi connectivity index (χ2v) is 9.45. The number of halogens is 5. The van der Waals surface area contributed by atoms with Gasteiger partial charge < -0.3 is 19.7 Å². The lowest BCUT2D eigenvalue weighted by molar-refractivity contribution is -0.271. The number of carbonyl (C=O) groups is 2. The van der Waals surface area contributed by atoms with E-state index in [0.717, 1.165) is 24.1 Å². The Labute approximate surface area is 210 Å². The third-order valence-corrected chi connectivity index (χ3v) is 7.64. The van der Waals surface area contributed by atoms with E-state index in [0.29, 0.717) is 5.56 Å². The Morgan fingerprint density at radius 3 is 2.24 bits per heavy atom. The minimum absolute atomic E-state index is 0.0230. The Kier molecular flexibility index (Phi) is 7.20. The monoisotopic (exact) mass is 526 g/mol. The molecule has 4 rings (SSSR count). The fraction of sp³-hybridized carbons (Fsp3) is 0.462. The fourth-order valence-corrected chi connectivity index (χ4v) is 5.68. The van der Waals surface area contributed by atoms with Gasteiger partial charge in [0, 0.05) is 56.3 Å². The van der Waals surface area contributed by atoms with Crippen molar-refractivity contribution in [3.63, 3.8) is 0 Å². The molecule has 2 aliphatic rings. The molecule has 2 heterocycles. The molecule has 2 aromatic carbocycles. The summed E-state index contributed by atoms with van der Waals surface area (Å²) in [7, 11) is 2.16. The van der Waals surface area contributed by atoms with E-state index in [1.165, 1.54) is 37.4 Å². The second kappa shape index (κ2) is 9.92. The molecule has 2 aliphatic heterocycles. The number of carbonyl (C=O) groups excluding carboxylic acids is 2. The van der Waals surface area contributed by atoms with E-state index in [9.17, 15) is 31.5 Å². The SMILES string of the molecule is COc1cc(F)c(F)cc1C1CNC(=O)CC12CCN(C(=O)[C@](OC)(c1ccccc1)C(F)(F)F)CC2. The van der Waals surface area contributed by atoms with Gasteiger partial charge in [-0.15, -0.1) is 0 Å². The number of hydrogen-bond donors (Lipinski definition) is 1. The quantitative estimate of drug-likeness (QED) is 0.591. The molecule has 1 unspecified atom stereocenters. The maximum Gasteiger partial charge on any atom is 0.430 e. The molecule has 2 fully saturated rings. The van der Waals surface area contributed by atoms with Gasteiger partial charge in [-0.3, -0.25) is 9.59 Å². The number of rotatable bonds is 5. The maximum atomic E-state index is 14.4. The molecular weight excluding hydrogens is 499 g/mol. The zero-order valence-corrected chi connectivity index (χ0v) is 20.3. The third kappa shape index (κ3) is 4.54. The summed E-state index contributed by atoms with van der Waals surface area (Å²) in [6.07, 6.45) is -4.67. The molecule has 0 aliphatic carbocycles. The highest BCUT2D eigenvalue weighted by Gasteiger charge is 2.64.